The average molecular weight is 330 g/mol. The van der Waals surface area contributed by atoms with E-state index in [2.05, 4.69) is 42.7 Å². The van der Waals surface area contributed by atoms with Crippen LogP contribution in [0.2, 0.25) is 0 Å². The molecule has 23 heavy (non-hydrogen) atoms. The van der Waals surface area contributed by atoms with Crippen LogP contribution in [0.3, 0.4) is 0 Å². The predicted octanol–water partition coefficient (Wildman–Crippen LogP) is 3.18. The van der Waals surface area contributed by atoms with E-state index < -0.39 is 10.1 Å². The molecule has 5 heteroatoms. The van der Waals surface area contributed by atoms with Crippen molar-refractivity contribution in [1.82, 2.24) is 0 Å². The van der Waals surface area contributed by atoms with E-state index in [1.54, 1.807) is 0 Å². The van der Waals surface area contributed by atoms with Crippen LogP contribution in [0.1, 0.15) is 17.5 Å². The number of pyridine rings is 1. The molecule has 0 saturated carbocycles. The molecular formula is C18H20NO3S+. The highest BCUT2D eigenvalue weighted by atomic mass is 32.2. The molecule has 1 N–H and O–H groups in total. The lowest BCUT2D eigenvalue weighted by Crippen LogP contribution is -2.36. The number of aryl methyl sites for hydroxylation is 3. The third kappa shape index (κ3) is 3.21. The molecule has 120 valence electrons. The SMILES string of the molecule is Cc1ccc2c(cc3ccccc3[n+]2CCCS(=O)(=O)O)c1C. The Morgan fingerprint density at radius 3 is 2.52 bits per heavy atom. The topological polar surface area (TPSA) is 58.2 Å². The summed E-state index contributed by atoms with van der Waals surface area (Å²) in [5.74, 6) is -0.227. The first kappa shape index (κ1) is 15.9. The van der Waals surface area contributed by atoms with Crippen molar-refractivity contribution in [3.63, 3.8) is 0 Å². The molecule has 3 aromatic rings. The Bertz CT molecular complexity index is 994. The summed E-state index contributed by atoms with van der Waals surface area (Å²) in [4.78, 5) is 0. The molecule has 1 heterocycles. The van der Waals surface area contributed by atoms with Gasteiger partial charge in [-0.25, -0.2) is 0 Å². The molecule has 0 bridgehead atoms. The zero-order chi connectivity index (χ0) is 16.6. The van der Waals surface area contributed by atoms with Gasteiger partial charge in [-0.3, -0.25) is 4.55 Å². The smallest absolute Gasteiger partial charge is 0.265 e. The molecule has 0 aliphatic rings. The minimum Gasteiger partial charge on any atom is -0.286 e. The van der Waals surface area contributed by atoms with Gasteiger partial charge in [0.1, 0.15) is 0 Å². The summed E-state index contributed by atoms with van der Waals surface area (Å²) in [5.41, 5.74) is 4.62. The van der Waals surface area contributed by atoms with Crippen molar-refractivity contribution in [2.24, 2.45) is 0 Å². The summed E-state index contributed by atoms with van der Waals surface area (Å²) in [7, 11) is -3.93. The highest BCUT2D eigenvalue weighted by molar-refractivity contribution is 7.85. The molecule has 4 nitrogen and oxygen atoms in total. The fourth-order valence-corrected chi connectivity index (χ4v) is 3.52. The van der Waals surface area contributed by atoms with Gasteiger partial charge in [-0.2, -0.15) is 13.0 Å². The number of rotatable bonds is 4. The minimum atomic E-state index is -3.93. The van der Waals surface area contributed by atoms with Gasteiger partial charge in [0.2, 0.25) is 11.0 Å². The number of hydrogen-bond acceptors (Lipinski definition) is 2. The highest BCUT2D eigenvalue weighted by Crippen LogP contribution is 2.23. The zero-order valence-electron chi connectivity index (χ0n) is 13.3. The van der Waals surface area contributed by atoms with Crippen molar-refractivity contribution in [3.05, 3.63) is 53.6 Å². The summed E-state index contributed by atoms with van der Waals surface area (Å²) in [5, 5.41) is 2.30. The lowest BCUT2D eigenvalue weighted by molar-refractivity contribution is -0.645. The van der Waals surface area contributed by atoms with Crippen LogP contribution in [0.25, 0.3) is 21.8 Å². The molecule has 1 aromatic heterocycles. The second kappa shape index (κ2) is 5.91. The van der Waals surface area contributed by atoms with Crippen molar-refractivity contribution >= 4 is 31.9 Å². The monoisotopic (exact) mass is 330 g/mol. The molecule has 2 aromatic carbocycles. The number of aromatic nitrogens is 1. The molecule has 3 rings (SSSR count). The van der Waals surface area contributed by atoms with Gasteiger partial charge in [0.15, 0.2) is 6.54 Å². The second-order valence-electron chi connectivity index (χ2n) is 5.93. The van der Waals surface area contributed by atoms with Gasteiger partial charge in [-0.1, -0.05) is 18.2 Å². The molecule has 0 unspecified atom stereocenters. The van der Waals surface area contributed by atoms with Gasteiger partial charge in [-0.05, 0) is 37.1 Å². The van der Waals surface area contributed by atoms with E-state index in [1.807, 2.05) is 18.2 Å². The molecule has 0 aliphatic carbocycles. The van der Waals surface area contributed by atoms with Crippen LogP contribution in [0.4, 0.5) is 0 Å². The Balaban J connectivity index is 2.20. The molecule has 0 fully saturated rings. The maximum atomic E-state index is 11.0. The van der Waals surface area contributed by atoms with Crippen molar-refractivity contribution < 1.29 is 17.5 Å². The van der Waals surface area contributed by atoms with Crippen LogP contribution in [0.15, 0.2) is 42.5 Å². The van der Waals surface area contributed by atoms with E-state index >= 15 is 0 Å². The van der Waals surface area contributed by atoms with Crippen LogP contribution in [-0.2, 0) is 16.7 Å². The normalized spacial score (nSPS) is 12.1. The first-order valence-corrected chi connectivity index (χ1v) is 9.24. The Hall–Kier alpha value is -1.98. The summed E-state index contributed by atoms with van der Waals surface area (Å²) in [6.07, 6.45) is 0.375. The predicted molar refractivity (Wildman–Crippen MR) is 92.2 cm³/mol. The third-order valence-corrected chi connectivity index (χ3v) is 5.17. The van der Waals surface area contributed by atoms with Crippen LogP contribution >= 0.6 is 0 Å². The van der Waals surface area contributed by atoms with Crippen LogP contribution in [0, 0.1) is 13.8 Å². The number of nitrogens with zero attached hydrogens (tertiary/aromatic N) is 1. The van der Waals surface area contributed by atoms with Gasteiger partial charge in [0.25, 0.3) is 10.1 Å². The van der Waals surface area contributed by atoms with Gasteiger partial charge >= 0.3 is 0 Å². The van der Waals surface area contributed by atoms with E-state index in [0.717, 1.165) is 16.4 Å². The maximum absolute atomic E-state index is 11.0. The number of fused-ring (bicyclic) bond motifs is 2. The quantitative estimate of drug-likeness (QED) is 0.454. The summed E-state index contributed by atoms with van der Waals surface area (Å²) < 4.78 is 33.1. The van der Waals surface area contributed by atoms with Crippen molar-refractivity contribution in [2.75, 3.05) is 5.75 Å². The van der Waals surface area contributed by atoms with E-state index in [-0.39, 0.29) is 5.75 Å². The molecule has 0 atom stereocenters. The van der Waals surface area contributed by atoms with E-state index in [1.165, 1.54) is 16.5 Å². The van der Waals surface area contributed by atoms with E-state index in [9.17, 15) is 8.42 Å². The Morgan fingerprint density at radius 2 is 1.78 bits per heavy atom. The minimum absolute atomic E-state index is 0.227. The summed E-state index contributed by atoms with van der Waals surface area (Å²) in [6, 6.07) is 14.4. The Morgan fingerprint density at radius 1 is 1.04 bits per heavy atom. The molecule has 0 radical (unpaired) electrons. The van der Waals surface area contributed by atoms with Gasteiger partial charge < -0.3 is 0 Å². The summed E-state index contributed by atoms with van der Waals surface area (Å²) >= 11 is 0. The average Bonchev–Trinajstić information content (AvgIpc) is 2.50. The number of hydrogen-bond donors (Lipinski definition) is 1. The number of para-hydroxylation sites is 1. The zero-order valence-corrected chi connectivity index (χ0v) is 14.1. The Kier molecular flexibility index (Phi) is 4.08. The van der Waals surface area contributed by atoms with Crippen molar-refractivity contribution in [3.8, 4) is 0 Å². The standard InChI is InChI=1S/C18H19NO3S/c1-13-8-9-18-16(14(13)2)12-15-6-3-4-7-17(15)19(18)10-5-11-23(20,21)22/h3-4,6-9,12H,5,10-11H2,1-2H3/p+1. The fraction of sp³-hybridized carbons (Fsp3) is 0.278. The molecule has 0 saturated heterocycles. The van der Waals surface area contributed by atoms with Gasteiger partial charge in [0, 0.05) is 23.9 Å². The van der Waals surface area contributed by atoms with Crippen LogP contribution in [-0.4, -0.2) is 18.7 Å². The lowest BCUT2D eigenvalue weighted by atomic mass is 10.0. The molecule has 0 spiro atoms. The van der Waals surface area contributed by atoms with Crippen molar-refractivity contribution in [2.45, 2.75) is 26.8 Å². The van der Waals surface area contributed by atoms with Crippen molar-refractivity contribution in [1.29, 1.82) is 0 Å². The lowest BCUT2D eigenvalue weighted by Gasteiger charge is -2.09. The second-order valence-corrected chi connectivity index (χ2v) is 7.51. The largest absolute Gasteiger partial charge is 0.286 e. The molecule has 0 aliphatic heterocycles. The first-order valence-electron chi connectivity index (χ1n) is 7.63. The Labute approximate surface area is 136 Å². The summed E-state index contributed by atoms with van der Waals surface area (Å²) in [6.45, 7) is 4.74. The van der Waals surface area contributed by atoms with E-state index in [0.29, 0.717) is 13.0 Å². The highest BCUT2D eigenvalue weighted by Gasteiger charge is 2.17. The fourth-order valence-electron chi connectivity index (χ4n) is 3.03. The first-order chi connectivity index (χ1) is 10.9. The maximum Gasteiger partial charge on any atom is 0.265 e. The third-order valence-electron chi connectivity index (χ3n) is 4.36. The van der Waals surface area contributed by atoms with Gasteiger partial charge in [-0.15, -0.1) is 0 Å². The molecule has 0 amide bonds. The van der Waals surface area contributed by atoms with E-state index in [4.69, 9.17) is 4.55 Å². The van der Waals surface area contributed by atoms with Gasteiger partial charge in [0.05, 0.1) is 11.1 Å². The number of benzene rings is 2. The van der Waals surface area contributed by atoms with Crippen LogP contribution in [0.5, 0.6) is 0 Å². The van der Waals surface area contributed by atoms with Crippen LogP contribution < -0.4 is 4.57 Å². The molecular weight excluding hydrogens is 310 g/mol.